The second-order valence-electron chi connectivity index (χ2n) is 8.38. The van der Waals surface area contributed by atoms with Crippen LogP contribution in [0.15, 0.2) is 17.3 Å². The summed E-state index contributed by atoms with van der Waals surface area (Å²) in [6.45, 7) is 4.73. The zero-order valence-corrected chi connectivity index (χ0v) is 17.8. The molecule has 0 saturated carbocycles. The molecule has 0 radical (unpaired) electrons. The first-order valence-corrected chi connectivity index (χ1v) is 11.1. The van der Waals surface area contributed by atoms with Crippen molar-refractivity contribution in [2.24, 2.45) is 4.99 Å². The van der Waals surface area contributed by atoms with Gasteiger partial charge in [0, 0.05) is 29.9 Å². The van der Waals surface area contributed by atoms with E-state index in [4.69, 9.17) is 0 Å². The maximum Gasteiger partial charge on any atom is 0.250 e. The van der Waals surface area contributed by atoms with Crippen molar-refractivity contribution >= 4 is 17.7 Å². The highest BCUT2D eigenvalue weighted by Gasteiger charge is 2.25. The molecule has 0 amide bonds. The lowest BCUT2D eigenvalue weighted by Crippen LogP contribution is -2.29. The number of hydrogen-bond donors (Lipinski definition) is 3. The first kappa shape index (κ1) is 20.7. The van der Waals surface area contributed by atoms with Crippen molar-refractivity contribution < 1.29 is 14.6 Å². The summed E-state index contributed by atoms with van der Waals surface area (Å²) in [4.78, 5) is 20.5. The molecule has 3 aromatic rings. The number of alkyl halides is 1. The molecule has 2 aliphatic heterocycles. The molecule has 0 spiro atoms. The van der Waals surface area contributed by atoms with Gasteiger partial charge in [-0.25, -0.2) is 9.38 Å². The quantitative estimate of drug-likeness (QED) is 0.471. The Morgan fingerprint density at radius 2 is 2.06 bits per heavy atom. The molecular formula is C21H27FN8O2. The van der Waals surface area contributed by atoms with Crippen LogP contribution in [-0.2, 0) is 0 Å². The van der Waals surface area contributed by atoms with Gasteiger partial charge in [0.25, 0.3) is 0 Å². The molecule has 3 aromatic heterocycles. The summed E-state index contributed by atoms with van der Waals surface area (Å²) >= 11 is 0. The van der Waals surface area contributed by atoms with E-state index in [2.05, 4.69) is 29.9 Å². The highest BCUT2D eigenvalue weighted by atomic mass is 19.1. The molecule has 1 unspecified atom stereocenters. The van der Waals surface area contributed by atoms with Crippen molar-refractivity contribution in [2.75, 3.05) is 44.2 Å². The van der Waals surface area contributed by atoms with Gasteiger partial charge in [-0.05, 0) is 51.4 Å². The largest absolute Gasteiger partial charge is 0.494 e. The van der Waals surface area contributed by atoms with Crippen LogP contribution in [0.25, 0.3) is 11.7 Å². The van der Waals surface area contributed by atoms with Crippen molar-refractivity contribution in [1.82, 2.24) is 29.5 Å². The molecule has 5 rings (SSSR count). The number of likely N-dealkylation sites (tertiary alicyclic amines) is 1. The van der Waals surface area contributed by atoms with Gasteiger partial charge in [0.05, 0.1) is 12.7 Å². The number of anilines is 1. The number of aromatic amines is 1. The first-order valence-electron chi connectivity index (χ1n) is 11.1. The molecule has 11 heteroatoms. The standard InChI is InChI=1S/C21H27FN8O2/c22-16-4-9-29(13-16)21-27-20(23-5-3-8-28-6-1-2-7-28)26-18-15(12-24-30(18)21)10-14-11-17(31)25-19(14)32/h10-12,16,25,31-32H,1-9,13H2. The van der Waals surface area contributed by atoms with E-state index in [-0.39, 0.29) is 18.3 Å². The summed E-state index contributed by atoms with van der Waals surface area (Å²) in [7, 11) is 0. The molecular weight excluding hydrogens is 415 g/mol. The number of halogens is 1. The van der Waals surface area contributed by atoms with E-state index >= 15 is 0 Å². The van der Waals surface area contributed by atoms with Gasteiger partial charge in [-0.15, -0.1) is 0 Å². The molecule has 2 saturated heterocycles. The maximum absolute atomic E-state index is 13.9. The van der Waals surface area contributed by atoms with Gasteiger partial charge in [-0.3, -0.25) is 4.98 Å². The number of aromatic nitrogens is 5. The summed E-state index contributed by atoms with van der Waals surface area (Å²) in [6, 6.07) is 1.42. The lowest BCUT2D eigenvalue weighted by atomic mass is 10.2. The monoisotopic (exact) mass is 442 g/mol. The van der Waals surface area contributed by atoms with E-state index in [0.717, 1.165) is 26.1 Å². The zero-order valence-electron chi connectivity index (χ0n) is 17.8. The maximum atomic E-state index is 13.9. The Balaban J connectivity index is 1.51. The van der Waals surface area contributed by atoms with Gasteiger partial charge in [0.15, 0.2) is 17.4 Å². The van der Waals surface area contributed by atoms with Crippen molar-refractivity contribution in [3.8, 4) is 11.8 Å². The van der Waals surface area contributed by atoms with E-state index in [0.29, 0.717) is 47.5 Å². The fraction of sp³-hybridized carbons (Fsp3) is 0.524. The minimum Gasteiger partial charge on any atom is -0.494 e. The topological polar surface area (TPSA) is 118 Å². The molecule has 2 aliphatic rings. The Labute approximate surface area is 183 Å². The van der Waals surface area contributed by atoms with E-state index in [1.54, 1.807) is 16.8 Å². The van der Waals surface area contributed by atoms with Gasteiger partial charge in [0.1, 0.15) is 6.17 Å². The highest BCUT2D eigenvalue weighted by molar-refractivity contribution is 5.61. The molecule has 2 fully saturated rings. The SMILES string of the molecule is Oc1cc(C=c2cnn3c(N4CCC(F)C4)nc(=NCCCN4CCCC4)nc23)c(O)[nH]1. The van der Waals surface area contributed by atoms with E-state index in [9.17, 15) is 14.6 Å². The van der Waals surface area contributed by atoms with Crippen LogP contribution in [0.4, 0.5) is 10.3 Å². The van der Waals surface area contributed by atoms with E-state index in [1.165, 1.54) is 18.9 Å². The average molecular weight is 442 g/mol. The van der Waals surface area contributed by atoms with Gasteiger partial charge < -0.3 is 20.0 Å². The molecule has 0 aromatic carbocycles. The number of nitrogens with zero attached hydrogens (tertiary/aromatic N) is 7. The second-order valence-corrected chi connectivity index (χ2v) is 8.38. The van der Waals surface area contributed by atoms with Crippen molar-refractivity contribution in [3.05, 3.63) is 28.7 Å². The summed E-state index contributed by atoms with van der Waals surface area (Å²) in [5.41, 5.74) is 1.26. The van der Waals surface area contributed by atoms with Crippen molar-refractivity contribution in [1.29, 1.82) is 0 Å². The average Bonchev–Trinajstić information content (AvgIpc) is 3.55. The Bertz CT molecular complexity index is 1220. The number of rotatable bonds is 6. The Morgan fingerprint density at radius 1 is 1.22 bits per heavy atom. The number of H-pyrrole nitrogens is 1. The predicted octanol–water partition coefficient (Wildman–Crippen LogP) is 0.346. The van der Waals surface area contributed by atoms with E-state index < -0.39 is 6.17 Å². The molecule has 0 bridgehead atoms. The second kappa shape index (κ2) is 8.73. The summed E-state index contributed by atoms with van der Waals surface area (Å²) in [6.07, 6.45) is 6.28. The molecule has 0 aliphatic carbocycles. The first-order chi connectivity index (χ1) is 15.6. The van der Waals surface area contributed by atoms with Crippen LogP contribution >= 0.6 is 0 Å². The van der Waals surface area contributed by atoms with Gasteiger partial charge in [-0.2, -0.15) is 19.6 Å². The molecule has 32 heavy (non-hydrogen) atoms. The third kappa shape index (κ3) is 4.24. The van der Waals surface area contributed by atoms with E-state index in [1.807, 2.05) is 4.90 Å². The fourth-order valence-corrected chi connectivity index (χ4v) is 4.35. The Morgan fingerprint density at radius 3 is 2.78 bits per heavy atom. The van der Waals surface area contributed by atoms with Crippen LogP contribution in [-0.4, -0.2) is 85.1 Å². The van der Waals surface area contributed by atoms with Crippen LogP contribution in [0.2, 0.25) is 0 Å². The van der Waals surface area contributed by atoms with Crippen LogP contribution in [0, 0.1) is 0 Å². The van der Waals surface area contributed by atoms with Gasteiger partial charge in [0.2, 0.25) is 11.6 Å². The zero-order chi connectivity index (χ0) is 22.1. The number of fused-ring (bicyclic) bond motifs is 1. The van der Waals surface area contributed by atoms with Crippen molar-refractivity contribution in [2.45, 2.75) is 31.9 Å². The molecule has 5 heterocycles. The van der Waals surface area contributed by atoms with Gasteiger partial charge in [-0.1, -0.05) is 0 Å². The normalized spacial score (nSPS) is 20.9. The van der Waals surface area contributed by atoms with Crippen LogP contribution < -0.4 is 15.7 Å². The van der Waals surface area contributed by atoms with Crippen LogP contribution in [0.3, 0.4) is 0 Å². The smallest absolute Gasteiger partial charge is 0.250 e. The summed E-state index contributed by atoms with van der Waals surface area (Å²) in [5.74, 6) is 0.220. The van der Waals surface area contributed by atoms with Gasteiger partial charge >= 0.3 is 0 Å². The highest BCUT2D eigenvalue weighted by Crippen LogP contribution is 2.22. The summed E-state index contributed by atoms with van der Waals surface area (Å²) < 4.78 is 15.5. The lowest BCUT2D eigenvalue weighted by Gasteiger charge is -2.16. The predicted molar refractivity (Wildman–Crippen MR) is 116 cm³/mol. The number of hydrogen-bond acceptors (Lipinski definition) is 8. The molecule has 1 atom stereocenters. The minimum atomic E-state index is -0.901. The molecule has 10 nitrogen and oxygen atoms in total. The third-order valence-corrected chi connectivity index (χ3v) is 5.99. The Hall–Kier alpha value is -3.21. The molecule has 170 valence electrons. The molecule has 3 N–H and O–H groups in total. The number of aromatic hydroxyl groups is 2. The fourth-order valence-electron chi connectivity index (χ4n) is 4.35. The number of nitrogens with one attached hydrogen (secondary N) is 1. The van der Waals surface area contributed by atoms with Crippen LogP contribution in [0.1, 0.15) is 31.2 Å². The Kier molecular flexibility index (Phi) is 5.64. The van der Waals surface area contributed by atoms with Crippen molar-refractivity contribution in [3.63, 3.8) is 0 Å². The minimum absolute atomic E-state index is 0.139. The third-order valence-electron chi connectivity index (χ3n) is 5.99. The lowest BCUT2D eigenvalue weighted by molar-refractivity contribution is 0.335. The van der Waals surface area contributed by atoms with Crippen LogP contribution in [0.5, 0.6) is 11.8 Å². The summed E-state index contributed by atoms with van der Waals surface area (Å²) in [5, 5.41) is 24.6.